The van der Waals surface area contributed by atoms with Gasteiger partial charge in [-0.1, -0.05) is 0 Å². The second kappa shape index (κ2) is 4.52. The zero-order chi connectivity index (χ0) is 12.4. The van der Waals surface area contributed by atoms with Crippen molar-refractivity contribution in [3.63, 3.8) is 0 Å². The predicted octanol–water partition coefficient (Wildman–Crippen LogP) is 2.11. The number of nitrogens with one attached hydrogen (secondary N) is 2. The van der Waals surface area contributed by atoms with Crippen molar-refractivity contribution in [2.75, 3.05) is 12.0 Å². The molecule has 3 rings (SSSR count). The zero-order valence-electron chi connectivity index (χ0n) is 9.77. The minimum Gasteiger partial charge on any atom is -0.464 e. The molecule has 0 saturated carbocycles. The number of benzene rings is 1. The predicted molar refractivity (Wildman–Crippen MR) is 69.5 cm³/mol. The van der Waals surface area contributed by atoms with Crippen LogP contribution in [0.25, 0.3) is 11.0 Å². The van der Waals surface area contributed by atoms with Crippen molar-refractivity contribution in [1.29, 1.82) is 0 Å². The van der Waals surface area contributed by atoms with Gasteiger partial charge in [0, 0.05) is 18.0 Å². The fourth-order valence-electron chi connectivity index (χ4n) is 1.94. The standard InChI is InChI=1S/C13H13N3O2/c17-13-11(2-1-6-14-13)16-15-10-4-3-9-5-7-18-12(9)8-10/h3-5,7-8,15H,1-2,6H2,(H,14,17)/b16-11+. The molecule has 1 aromatic carbocycles. The summed E-state index contributed by atoms with van der Waals surface area (Å²) in [5.41, 5.74) is 5.04. The van der Waals surface area contributed by atoms with Crippen LogP contribution in [0.1, 0.15) is 12.8 Å². The number of rotatable bonds is 2. The van der Waals surface area contributed by atoms with E-state index in [0.717, 1.165) is 29.6 Å². The van der Waals surface area contributed by atoms with Gasteiger partial charge in [-0.05, 0) is 31.0 Å². The Morgan fingerprint density at radius 3 is 3.17 bits per heavy atom. The Kier molecular flexibility index (Phi) is 2.72. The van der Waals surface area contributed by atoms with Crippen LogP contribution in [0.4, 0.5) is 5.69 Å². The summed E-state index contributed by atoms with van der Waals surface area (Å²) in [7, 11) is 0. The molecule has 0 radical (unpaired) electrons. The third-order valence-corrected chi connectivity index (χ3v) is 2.91. The summed E-state index contributed by atoms with van der Waals surface area (Å²) in [6.45, 7) is 0.732. The zero-order valence-corrected chi connectivity index (χ0v) is 9.77. The molecule has 5 nitrogen and oxygen atoms in total. The Morgan fingerprint density at radius 1 is 1.33 bits per heavy atom. The van der Waals surface area contributed by atoms with Crippen molar-refractivity contribution in [2.24, 2.45) is 5.10 Å². The topological polar surface area (TPSA) is 66.6 Å². The fourth-order valence-corrected chi connectivity index (χ4v) is 1.94. The van der Waals surface area contributed by atoms with Crippen LogP contribution in [-0.2, 0) is 4.79 Å². The number of hydrogen-bond donors (Lipinski definition) is 2. The van der Waals surface area contributed by atoms with Gasteiger partial charge in [-0.3, -0.25) is 10.2 Å². The van der Waals surface area contributed by atoms with Crippen molar-refractivity contribution in [3.8, 4) is 0 Å². The van der Waals surface area contributed by atoms with Crippen molar-refractivity contribution < 1.29 is 9.21 Å². The number of piperidine rings is 1. The second-order valence-electron chi connectivity index (χ2n) is 4.20. The van der Waals surface area contributed by atoms with Gasteiger partial charge in [0.1, 0.15) is 11.3 Å². The van der Waals surface area contributed by atoms with Gasteiger partial charge in [0.15, 0.2) is 0 Å². The molecule has 1 aromatic heterocycles. The Balaban J connectivity index is 1.79. The lowest BCUT2D eigenvalue weighted by atomic mass is 10.1. The van der Waals surface area contributed by atoms with Crippen LogP contribution < -0.4 is 10.7 Å². The summed E-state index contributed by atoms with van der Waals surface area (Å²) >= 11 is 0. The van der Waals surface area contributed by atoms with Crippen LogP contribution in [0, 0.1) is 0 Å². The number of carbonyl (C=O) groups is 1. The van der Waals surface area contributed by atoms with Crippen molar-refractivity contribution >= 4 is 28.3 Å². The highest BCUT2D eigenvalue weighted by atomic mass is 16.3. The molecule has 92 valence electrons. The van der Waals surface area contributed by atoms with Gasteiger partial charge in [-0.2, -0.15) is 5.10 Å². The highest BCUT2D eigenvalue weighted by Gasteiger charge is 2.15. The number of nitrogens with zero attached hydrogens (tertiary/aromatic N) is 1. The van der Waals surface area contributed by atoms with Gasteiger partial charge in [-0.15, -0.1) is 0 Å². The van der Waals surface area contributed by atoms with E-state index in [1.807, 2.05) is 24.3 Å². The maximum absolute atomic E-state index is 11.5. The first-order valence-electron chi connectivity index (χ1n) is 5.91. The molecular weight excluding hydrogens is 230 g/mol. The van der Waals surface area contributed by atoms with Gasteiger partial charge in [0.25, 0.3) is 5.91 Å². The van der Waals surface area contributed by atoms with Crippen LogP contribution in [0.5, 0.6) is 0 Å². The van der Waals surface area contributed by atoms with Crippen LogP contribution in [-0.4, -0.2) is 18.2 Å². The van der Waals surface area contributed by atoms with E-state index in [9.17, 15) is 4.79 Å². The lowest BCUT2D eigenvalue weighted by molar-refractivity contribution is -0.115. The Labute approximate surface area is 104 Å². The molecule has 1 fully saturated rings. The van der Waals surface area contributed by atoms with E-state index < -0.39 is 0 Å². The summed E-state index contributed by atoms with van der Waals surface area (Å²) in [5.74, 6) is -0.0900. The van der Waals surface area contributed by atoms with Gasteiger partial charge >= 0.3 is 0 Å². The van der Waals surface area contributed by atoms with E-state index in [-0.39, 0.29) is 5.91 Å². The molecule has 0 unspecified atom stereocenters. The molecule has 0 spiro atoms. The first kappa shape index (κ1) is 10.8. The Hall–Kier alpha value is -2.30. The molecular formula is C13H13N3O2. The first-order chi connectivity index (χ1) is 8.83. The maximum atomic E-state index is 11.5. The highest BCUT2D eigenvalue weighted by molar-refractivity contribution is 6.39. The second-order valence-corrected chi connectivity index (χ2v) is 4.20. The fraction of sp³-hybridized carbons (Fsp3) is 0.231. The summed E-state index contributed by atoms with van der Waals surface area (Å²) in [6.07, 6.45) is 3.29. The molecule has 1 amide bonds. The summed E-state index contributed by atoms with van der Waals surface area (Å²) in [5, 5.41) is 7.95. The highest BCUT2D eigenvalue weighted by Crippen LogP contribution is 2.20. The molecule has 0 aliphatic carbocycles. The van der Waals surface area contributed by atoms with E-state index in [0.29, 0.717) is 12.1 Å². The lowest BCUT2D eigenvalue weighted by Crippen LogP contribution is -2.37. The minimum atomic E-state index is -0.0900. The van der Waals surface area contributed by atoms with Gasteiger partial charge in [0.05, 0.1) is 12.0 Å². The third kappa shape index (κ3) is 2.07. The van der Waals surface area contributed by atoms with E-state index in [4.69, 9.17) is 4.42 Å². The monoisotopic (exact) mass is 243 g/mol. The molecule has 18 heavy (non-hydrogen) atoms. The summed E-state index contributed by atoms with van der Waals surface area (Å²) < 4.78 is 5.30. The average Bonchev–Trinajstić information content (AvgIpc) is 2.85. The Bertz CT molecular complexity index is 615. The van der Waals surface area contributed by atoms with E-state index in [1.54, 1.807) is 6.26 Å². The quantitative estimate of drug-likeness (QED) is 0.794. The molecule has 1 saturated heterocycles. The minimum absolute atomic E-state index is 0.0900. The lowest BCUT2D eigenvalue weighted by Gasteiger charge is -2.13. The molecule has 5 heteroatoms. The van der Waals surface area contributed by atoms with Crippen LogP contribution >= 0.6 is 0 Å². The van der Waals surface area contributed by atoms with Crippen molar-refractivity contribution in [1.82, 2.24) is 5.32 Å². The number of carbonyl (C=O) groups excluding carboxylic acids is 1. The normalized spacial score (nSPS) is 18.0. The smallest absolute Gasteiger partial charge is 0.267 e. The van der Waals surface area contributed by atoms with Crippen LogP contribution in [0.2, 0.25) is 0 Å². The number of hydrazone groups is 1. The number of amides is 1. The van der Waals surface area contributed by atoms with Gasteiger partial charge < -0.3 is 9.73 Å². The average molecular weight is 243 g/mol. The number of hydrogen-bond acceptors (Lipinski definition) is 4. The van der Waals surface area contributed by atoms with Crippen molar-refractivity contribution in [2.45, 2.75) is 12.8 Å². The van der Waals surface area contributed by atoms with Crippen LogP contribution in [0.15, 0.2) is 40.0 Å². The number of fused-ring (bicyclic) bond motifs is 1. The molecule has 0 bridgehead atoms. The molecule has 0 atom stereocenters. The summed E-state index contributed by atoms with van der Waals surface area (Å²) in [4.78, 5) is 11.5. The van der Waals surface area contributed by atoms with Gasteiger partial charge in [0.2, 0.25) is 0 Å². The first-order valence-corrected chi connectivity index (χ1v) is 5.91. The number of furan rings is 1. The molecule has 2 heterocycles. The Morgan fingerprint density at radius 2 is 2.28 bits per heavy atom. The van der Waals surface area contributed by atoms with Gasteiger partial charge in [-0.25, -0.2) is 0 Å². The largest absolute Gasteiger partial charge is 0.464 e. The van der Waals surface area contributed by atoms with E-state index in [2.05, 4.69) is 15.8 Å². The molecule has 2 aromatic rings. The SMILES string of the molecule is O=C1NCCC/C1=N\Nc1ccc2ccoc2c1. The van der Waals surface area contributed by atoms with E-state index in [1.165, 1.54) is 0 Å². The van der Waals surface area contributed by atoms with Crippen molar-refractivity contribution in [3.05, 3.63) is 30.5 Å². The maximum Gasteiger partial charge on any atom is 0.267 e. The van der Waals surface area contributed by atoms with Crippen LogP contribution in [0.3, 0.4) is 0 Å². The van der Waals surface area contributed by atoms with E-state index >= 15 is 0 Å². The summed E-state index contributed by atoms with van der Waals surface area (Å²) in [6, 6.07) is 7.62. The third-order valence-electron chi connectivity index (χ3n) is 2.91. The molecule has 1 aliphatic rings. The molecule has 1 aliphatic heterocycles. The number of anilines is 1. The molecule has 2 N–H and O–H groups in total.